The summed E-state index contributed by atoms with van der Waals surface area (Å²) < 4.78 is 0. The number of nitrogens with one attached hydrogen (secondary N) is 1. The summed E-state index contributed by atoms with van der Waals surface area (Å²) in [6.07, 6.45) is 0. The van der Waals surface area contributed by atoms with E-state index < -0.39 is 0 Å². The van der Waals surface area contributed by atoms with Gasteiger partial charge in [0.2, 0.25) is 0 Å². The first-order valence-corrected chi connectivity index (χ1v) is 3.00. The van der Waals surface area contributed by atoms with Crippen molar-refractivity contribution in [1.29, 1.82) is 0 Å². The molecule has 0 radical (unpaired) electrons. The molecule has 1 aromatic carbocycles. The van der Waals surface area contributed by atoms with Crippen molar-refractivity contribution in [2.45, 2.75) is 0 Å². The van der Waals surface area contributed by atoms with E-state index in [2.05, 4.69) is 0 Å². The normalized spacial score (nSPS) is 13.0. The van der Waals surface area contributed by atoms with E-state index in [-0.39, 0.29) is 10.8 Å². The van der Waals surface area contributed by atoms with Crippen LogP contribution in [0.4, 0.5) is 5.69 Å². The smallest absolute Gasteiger partial charge is 0.131 e. The lowest BCUT2D eigenvalue weighted by Gasteiger charge is -2.14. The Morgan fingerprint density at radius 2 is 1.80 bits per heavy atom. The van der Waals surface area contributed by atoms with Crippen LogP contribution < -0.4 is 5.06 Å². The number of rotatable bonds is 1. The molecule has 1 aromatic rings. The highest BCUT2D eigenvalue weighted by atomic mass is 16.5. The molecule has 1 unspecified atom stereocenters. The Hall–Kier alpha value is -1.06. The highest BCUT2D eigenvalue weighted by molar-refractivity contribution is 5.34. The highest BCUT2D eigenvalue weighted by Gasteiger charge is 1.94. The van der Waals surface area contributed by atoms with Crippen molar-refractivity contribution in [2.24, 2.45) is 0 Å². The molecule has 0 aliphatic rings. The maximum Gasteiger partial charge on any atom is 0.131 e. The van der Waals surface area contributed by atoms with E-state index in [1.807, 2.05) is 0 Å². The van der Waals surface area contributed by atoms with E-state index in [1.54, 1.807) is 12.1 Å². The minimum Gasteiger partial charge on any atom is -0.629 e. The molecule has 0 aliphatic carbocycles. The van der Waals surface area contributed by atoms with Crippen molar-refractivity contribution in [1.82, 2.24) is 0 Å². The van der Waals surface area contributed by atoms with Crippen LogP contribution in [0.25, 0.3) is 0 Å². The van der Waals surface area contributed by atoms with Gasteiger partial charge in [0, 0.05) is 12.1 Å². The van der Waals surface area contributed by atoms with Gasteiger partial charge in [-0.05, 0) is 12.1 Å². The molecule has 0 saturated carbocycles. The van der Waals surface area contributed by atoms with Crippen molar-refractivity contribution in [3.8, 4) is 5.75 Å². The quantitative estimate of drug-likeness (QED) is 0.426. The third kappa shape index (κ3) is 1.46. The monoisotopic (exact) mass is 139 g/mol. The second-order valence-electron chi connectivity index (χ2n) is 2.10. The molecule has 2 N–H and O–H groups in total. The Morgan fingerprint density at radius 1 is 1.30 bits per heavy atom. The van der Waals surface area contributed by atoms with Gasteiger partial charge in [0.25, 0.3) is 0 Å². The fourth-order valence-corrected chi connectivity index (χ4v) is 0.696. The molecule has 0 amide bonds. The molecule has 0 saturated heterocycles. The van der Waals surface area contributed by atoms with Crippen molar-refractivity contribution in [3.63, 3.8) is 0 Å². The molecule has 0 aromatic heterocycles. The van der Waals surface area contributed by atoms with Gasteiger partial charge >= 0.3 is 0 Å². The van der Waals surface area contributed by atoms with Crippen LogP contribution >= 0.6 is 0 Å². The predicted octanol–water partition coefficient (Wildman–Crippen LogP) is 0.0362. The summed E-state index contributed by atoms with van der Waals surface area (Å²) in [6, 6.07) is 6.18. The minimum absolute atomic E-state index is 0.0139. The van der Waals surface area contributed by atoms with Crippen molar-refractivity contribution in [2.75, 3.05) is 7.05 Å². The summed E-state index contributed by atoms with van der Waals surface area (Å²) >= 11 is 0. The standard InChI is InChI=1S/C7H9NO2/c1-8(10)6-2-4-7(9)5-3-6/h2-5,8-9H,1H3. The van der Waals surface area contributed by atoms with E-state index >= 15 is 0 Å². The molecule has 10 heavy (non-hydrogen) atoms. The first-order valence-electron chi connectivity index (χ1n) is 3.00. The molecule has 54 valence electrons. The Balaban J connectivity index is 2.89. The lowest BCUT2D eigenvalue weighted by molar-refractivity contribution is -0.751. The molecular weight excluding hydrogens is 130 g/mol. The Kier molecular flexibility index (Phi) is 1.89. The summed E-state index contributed by atoms with van der Waals surface area (Å²) in [5.41, 5.74) is 0.623. The van der Waals surface area contributed by atoms with Crippen LogP contribution in [0.1, 0.15) is 0 Å². The van der Waals surface area contributed by atoms with Gasteiger partial charge in [-0.2, -0.15) is 0 Å². The van der Waals surface area contributed by atoms with E-state index in [4.69, 9.17) is 5.11 Å². The van der Waals surface area contributed by atoms with Crippen LogP contribution in [0.15, 0.2) is 24.3 Å². The molecule has 0 fully saturated rings. The molecular formula is C7H9NO2. The number of phenols is 1. The third-order valence-corrected chi connectivity index (χ3v) is 1.27. The average Bonchev–Trinajstić information content (AvgIpc) is 1.88. The van der Waals surface area contributed by atoms with Gasteiger partial charge in [0.15, 0.2) is 0 Å². The zero-order chi connectivity index (χ0) is 7.56. The zero-order valence-electron chi connectivity index (χ0n) is 5.66. The largest absolute Gasteiger partial charge is 0.629 e. The zero-order valence-corrected chi connectivity index (χ0v) is 5.66. The maximum atomic E-state index is 10.7. The van der Waals surface area contributed by atoms with Gasteiger partial charge in [-0.15, -0.1) is 0 Å². The predicted molar refractivity (Wildman–Crippen MR) is 38.0 cm³/mol. The Morgan fingerprint density at radius 3 is 2.20 bits per heavy atom. The van der Waals surface area contributed by atoms with Gasteiger partial charge in [-0.1, -0.05) is 0 Å². The third-order valence-electron chi connectivity index (χ3n) is 1.27. The lowest BCUT2D eigenvalue weighted by Crippen LogP contribution is -2.98. The van der Waals surface area contributed by atoms with E-state index in [1.165, 1.54) is 19.2 Å². The molecule has 1 rings (SSSR count). The fraction of sp³-hybridized carbons (Fsp3) is 0.143. The molecule has 0 spiro atoms. The molecule has 3 heteroatoms. The SMILES string of the molecule is C[NH+]([O-])c1ccc(O)cc1. The number of aromatic hydroxyl groups is 1. The summed E-state index contributed by atoms with van der Waals surface area (Å²) in [7, 11) is 1.49. The number of phenolic OH excluding ortho intramolecular Hbond substituents is 1. The van der Waals surface area contributed by atoms with E-state index in [0.29, 0.717) is 5.69 Å². The van der Waals surface area contributed by atoms with Crippen molar-refractivity contribution >= 4 is 5.69 Å². The van der Waals surface area contributed by atoms with Gasteiger partial charge < -0.3 is 15.4 Å². The second kappa shape index (κ2) is 2.68. The van der Waals surface area contributed by atoms with Crippen molar-refractivity contribution in [3.05, 3.63) is 29.5 Å². The highest BCUT2D eigenvalue weighted by Crippen LogP contribution is 2.09. The average molecular weight is 139 g/mol. The molecule has 0 heterocycles. The van der Waals surface area contributed by atoms with Gasteiger partial charge in [0.05, 0.1) is 7.05 Å². The topological polar surface area (TPSA) is 47.7 Å². The van der Waals surface area contributed by atoms with Crippen LogP contribution in [0.2, 0.25) is 0 Å². The van der Waals surface area contributed by atoms with Gasteiger partial charge in [0.1, 0.15) is 11.4 Å². The number of hydrogen-bond donors (Lipinski definition) is 2. The minimum atomic E-state index is 0.0139. The van der Waals surface area contributed by atoms with Crippen LogP contribution in [0.3, 0.4) is 0 Å². The van der Waals surface area contributed by atoms with Gasteiger partial charge in [-0.3, -0.25) is 0 Å². The number of hydroxylamine groups is 1. The van der Waals surface area contributed by atoms with Gasteiger partial charge in [-0.25, -0.2) is 0 Å². The van der Waals surface area contributed by atoms with E-state index in [9.17, 15) is 5.21 Å². The van der Waals surface area contributed by atoms with Crippen LogP contribution in [-0.4, -0.2) is 12.2 Å². The lowest BCUT2D eigenvalue weighted by atomic mass is 10.3. The van der Waals surface area contributed by atoms with E-state index in [0.717, 1.165) is 0 Å². The summed E-state index contributed by atoms with van der Waals surface area (Å²) in [6.45, 7) is 0. The number of quaternary nitrogens is 1. The summed E-state index contributed by atoms with van der Waals surface area (Å²) in [5.74, 6) is 0.185. The number of benzene rings is 1. The van der Waals surface area contributed by atoms with Crippen LogP contribution in [-0.2, 0) is 0 Å². The summed E-state index contributed by atoms with van der Waals surface area (Å²) in [5, 5.41) is 19.5. The summed E-state index contributed by atoms with van der Waals surface area (Å²) in [4.78, 5) is 0. The Bertz CT molecular complexity index is 205. The fourth-order valence-electron chi connectivity index (χ4n) is 0.696. The first kappa shape index (κ1) is 7.05. The molecule has 1 atom stereocenters. The molecule has 0 aliphatic heterocycles. The Labute approximate surface area is 59.1 Å². The first-order chi connectivity index (χ1) is 4.70. The second-order valence-corrected chi connectivity index (χ2v) is 2.10. The molecule has 3 nitrogen and oxygen atoms in total. The number of hydrogen-bond acceptors (Lipinski definition) is 2. The van der Waals surface area contributed by atoms with Crippen LogP contribution in [0.5, 0.6) is 5.75 Å². The maximum absolute atomic E-state index is 10.7. The molecule has 0 bridgehead atoms. The van der Waals surface area contributed by atoms with Crippen molar-refractivity contribution < 1.29 is 10.2 Å². The van der Waals surface area contributed by atoms with Crippen LogP contribution in [0, 0.1) is 5.21 Å².